The second kappa shape index (κ2) is 9.15. The zero-order valence-electron chi connectivity index (χ0n) is 16.7. The summed E-state index contributed by atoms with van der Waals surface area (Å²) in [6.45, 7) is -0.852. The van der Waals surface area contributed by atoms with Crippen molar-refractivity contribution >= 4 is 11.7 Å². The third kappa shape index (κ3) is 5.28. The molecule has 2 aromatic rings. The van der Waals surface area contributed by atoms with Gasteiger partial charge in [0.25, 0.3) is 0 Å². The third-order valence-corrected chi connectivity index (χ3v) is 4.80. The standard InChI is InChI=1S/C21H23F3N2O4/c1-28-15-8-9-19(29-2)17(12-15)18-7-4-10-26(18)20(27)25-14-5-3-6-16(11-14)30-13-21(22,23)24/h3,5-6,8-9,11-12,18H,4,7,10,13H2,1-2H3,(H,25,27). The van der Waals surface area contributed by atoms with Crippen LogP contribution in [-0.4, -0.2) is 44.5 Å². The van der Waals surface area contributed by atoms with E-state index in [-0.39, 0.29) is 17.8 Å². The Kier molecular flexibility index (Phi) is 6.59. The molecule has 1 atom stereocenters. The fourth-order valence-electron chi connectivity index (χ4n) is 3.46. The van der Waals surface area contributed by atoms with Crippen LogP contribution in [0, 0.1) is 0 Å². The maximum atomic E-state index is 12.9. The molecule has 3 rings (SSSR count). The molecule has 1 unspecified atom stereocenters. The van der Waals surface area contributed by atoms with Gasteiger partial charge in [-0.2, -0.15) is 13.2 Å². The minimum absolute atomic E-state index is 0.0255. The second-order valence-corrected chi connectivity index (χ2v) is 6.82. The lowest BCUT2D eigenvalue weighted by Gasteiger charge is -2.27. The number of alkyl halides is 3. The van der Waals surface area contributed by atoms with Crippen molar-refractivity contribution in [3.05, 3.63) is 48.0 Å². The molecule has 0 bridgehead atoms. The summed E-state index contributed by atoms with van der Waals surface area (Å²) in [5, 5.41) is 2.74. The minimum Gasteiger partial charge on any atom is -0.497 e. The molecule has 0 aromatic heterocycles. The van der Waals surface area contributed by atoms with Crippen LogP contribution >= 0.6 is 0 Å². The van der Waals surface area contributed by atoms with E-state index in [2.05, 4.69) is 5.32 Å². The number of nitrogens with one attached hydrogen (secondary N) is 1. The summed E-state index contributed by atoms with van der Waals surface area (Å²) in [4.78, 5) is 14.6. The molecule has 0 aliphatic carbocycles. The second-order valence-electron chi connectivity index (χ2n) is 6.82. The third-order valence-electron chi connectivity index (χ3n) is 4.80. The van der Waals surface area contributed by atoms with Crippen molar-refractivity contribution < 1.29 is 32.2 Å². The van der Waals surface area contributed by atoms with Crippen LogP contribution in [0.25, 0.3) is 0 Å². The number of rotatable bonds is 6. The summed E-state index contributed by atoms with van der Waals surface area (Å²) in [6, 6.07) is 10.7. The summed E-state index contributed by atoms with van der Waals surface area (Å²) in [7, 11) is 3.13. The highest BCUT2D eigenvalue weighted by molar-refractivity contribution is 5.90. The van der Waals surface area contributed by atoms with Gasteiger partial charge < -0.3 is 24.4 Å². The molecule has 2 aromatic carbocycles. The molecule has 0 saturated carbocycles. The van der Waals surface area contributed by atoms with Gasteiger partial charge in [0.15, 0.2) is 6.61 Å². The molecule has 1 fully saturated rings. The number of halogens is 3. The number of carbonyl (C=O) groups is 1. The lowest BCUT2D eigenvalue weighted by atomic mass is 10.0. The highest BCUT2D eigenvalue weighted by Crippen LogP contribution is 2.39. The average molecular weight is 424 g/mol. The maximum Gasteiger partial charge on any atom is 0.422 e. The summed E-state index contributed by atoms with van der Waals surface area (Å²) in [6.07, 6.45) is -2.86. The highest BCUT2D eigenvalue weighted by Gasteiger charge is 2.32. The van der Waals surface area contributed by atoms with Crippen LogP contribution in [0.1, 0.15) is 24.4 Å². The first-order valence-corrected chi connectivity index (χ1v) is 9.40. The largest absolute Gasteiger partial charge is 0.497 e. The number of hydrogen-bond acceptors (Lipinski definition) is 4. The summed E-state index contributed by atoms with van der Waals surface area (Å²) in [5.74, 6) is 1.34. The van der Waals surface area contributed by atoms with Gasteiger partial charge in [0.05, 0.1) is 20.3 Å². The fourth-order valence-corrected chi connectivity index (χ4v) is 3.46. The van der Waals surface area contributed by atoms with Crippen LogP contribution < -0.4 is 19.5 Å². The van der Waals surface area contributed by atoms with Gasteiger partial charge in [-0.25, -0.2) is 4.79 Å². The molecule has 2 amide bonds. The Morgan fingerprint density at radius 3 is 2.63 bits per heavy atom. The van der Waals surface area contributed by atoms with Crippen molar-refractivity contribution in [2.45, 2.75) is 25.1 Å². The van der Waals surface area contributed by atoms with Crippen LogP contribution in [0.3, 0.4) is 0 Å². The molecule has 1 aliphatic rings. The molecule has 1 aliphatic heterocycles. The zero-order valence-corrected chi connectivity index (χ0v) is 16.7. The molecule has 30 heavy (non-hydrogen) atoms. The molecule has 0 spiro atoms. The van der Waals surface area contributed by atoms with E-state index in [0.717, 1.165) is 18.4 Å². The number of nitrogens with zero attached hydrogens (tertiary/aromatic N) is 1. The number of ether oxygens (including phenoxy) is 3. The van der Waals surface area contributed by atoms with Crippen LogP contribution in [-0.2, 0) is 0 Å². The Morgan fingerprint density at radius 2 is 1.93 bits per heavy atom. The fraction of sp³-hybridized carbons (Fsp3) is 0.381. The van der Waals surface area contributed by atoms with Crippen LogP contribution in [0.2, 0.25) is 0 Å². The Hall–Kier alpha value is -3.10. The van der Waals surface area contributed by atoms with Gasteiger partial charge in [-0.05, 0) is 43.2 Å². The first-order valence-electron chi connectivity index (χ1n) is 9.40. The predicted molar refractivity (Wildman–Crippen MR) is 105 cm³/mol. The first kappa shape index (κ1) is 21.6. The molecule has 0 radical (unpaired) electrons. The van der Waals surface area contributed by atoms with Crippen LogP contribution in [0.4, 0.5) is 23.7 Å². The topological polar surface area (TPSA) is 60.0 Å². The van der Waals surface area contributed by atoms with Crippen molar-refractivity contribution in [1.82, 2.24) is 4.90 Å². The van der Waals surface area contributed by atoms with Crippen molar-refractivity contribution in [3.63, 3.8) is 0 Å². The Morgan fingerprint density at radius 1 is 1.13 bits per heavy atom. The monoisotopic (exact) mass is 424 g/mol. The van der Waals surface area contributed by atoms with Gasteiger partial charge in [-0.3, -0.25) is 0 Å². The number of carbonyl (C=O) groups excluding carboxylic acids is 1. The van der Waals surface area contributed by atoms with Gasteiger partial charge in [0, 0.05) is 23.9 Å². The number of urea groups is 1. The lowest BCUT2D eigenvalue weighted by molar-refractivity contribution is -0.153. The molecule has 6 nitrogen and oxygen atoms in total. The number of benzene rings is 2. The van der Waals surface area contributed by atoms with Gasteiger partial charge in [-0.1, -0.05) is 6.07 Å². The van der Waals surface area contributed by atoms with Crippen LogP contribution in [0.15, 0.2) is 42.5 Å². The SMILES string of the molecule is COc1ccc(OC)c(C2CCCN2C(=O)Nc2cccc(OCC(F)(F)F)c2)c1. The molecule has 1 N–H and O–H groups in total. The first-order chi connectivity index (χ1) is 14.3. The quantitative estimate of drug-likeness (QED) is 0.708. The van der Waals surface area contributed by atoms with Gasteiger partial charge in [0.2, 0.25) is 0 Å². The van der Waals surface area contributed by atoms with E-state index < -0.39 is 12.8 Å². The van der Waals surface area contributed by atoms with Crippen molar-refractivity contribution in [3.8, 4) is 17.2 Å². The van der Waals surface area contributed by atoms with E-state index in [0.29, 0.717) is 23.7 Å². The molecular formula is C21H23F3N2O4. The van der Waals surface area contributed by atoms with Crippen molar-refractivity contribution in [2.24, 2.45) is 0 Å². The van der Waals surface area contributed by atoms with Gasteiger partial charge in [-0.15, -0.1) is 0 Å². The predicted octanol–water partition coefficient (Wildman–Crippen LogP) is 5.01. The molecule has 1 saturated heterocycles. The van der Waals surface area contributed by atoms with Crippen LogP contribution in [0.5, 0.6) is 17.2 Å². The van der Waals surface area contributed by atoms with E-state index in [9.17, 15) is 18.0 Å². The maximum absolute atomic E-state index is 12.9. The van der Waals surface area contributed by atoms with E-state index in [1.165, 1.54) is 18.2 Å². The van der Waals surface area contributed by atoms with E-state index in [1.54, 1.807) is 37.3 Å². The lowest BCUT2D eigenvalue weighted by Crippen LogP contribution is -2.34. The number of hydrogen-bond donors (Lipinski definition) is 1. The highest BCUT2D eigenvalue weighted by atomic mass is 19.4. The van der Waals surface area contributed by atoms with Crippen molar-refractivity contribution in [1.29, 1.82) is 0 Å². The minimum atomic E-state index is -4.43. The smallest absolute Gasteiger partial charge is 0.422 e. The van der Waals surface area contributed by atoms with E-state index in [4.69, 9.17) is 14.2 Å². The molecule has 162 valence electrons. The Labute approximate surface area is 172 Å². The Balaban J connectivity index is 1.74. The zero-order chi connectivity index (χ0) is 21.7. The molecule has 1 heterocycles. The Bertz CT molecular complexity index is 889. The number of likely N-dealkylation sites (tertiary alicyclic amines) is 1. The summed E-state index contributed by atoms with van der Waals surface area (Å²) < 4.78 is 52.6. The average Bonchev–Trinajstić information content (AvgIpc) is 3.21. The molecule has 9 heteroatoms. The number of anilines is 1. The summed E-state index contributed by atoms with van der Waals surface area (Å²) >= 11 is 0. The van der Waals surface area contributed by atoms with E-state index >= 15 is 0 Å². The van der Waals surface area contributed by atoms with E-state index in [1.807, 2.05) is 6.07 Å². The van der Waals surface area contributed by atoms with Crippen molar-refractivity contribution in [2.75, 3.05) is 32.7 Å². The normalized spacial score (nSPS) is 16.3. The van der Waals surface area contributed by atoms with Gasteiger partial charge in [0.1, 0.15) is 17.2 Å². The number of amides is 2. The molecular weight excluding hydrogens is 401 g/mol. The van der Waals surface area contributed by atoms with Gasteiger partial charge >= 0.3 is 12.2 Å². The summed E-state index contributed by atoms with van der Waals surface area (Å²) in [5.41, 5.74) is 1.19. The number of methoxy groups -OCH3 is 2.